The topological polar surface area (TPSA) is 80.4 Å². The number of carboxylic acids is 1. The number of carbonyl (C=O) groups excluding carboxylic acids is 1. The van der Waals surface area contributed by atoms with E-state index in [0.29, 0.717) is 24.6 Å². The fourth-order valence-corrected chi connectivity index (χ4v) is 2.78. The van der Waals surface area contributed by atoms with E-state index in [2.05, 4.69) is 0 Å². The summed E-state index contributed by atoms with van der Waals surface area (Å²) in [5.41, 5.74) is 8.34. The summed E-state index contributed by atoms with van der Waals surface area (Å²) < 4.78 is 0. The number of carboxylic acid groups (broad SMARTS) is 1. The molecule has 4 nitrogen and oxygen atoms in total. The average Bonchev–Trinajstić information content (AvgIpc) is 2.61. The molecule has 1 atom stereocenters. The van der Waals surface area contributed by atoms with Crippen LogP contribution in [-0.4, -0.2) is 21.6 Å². The zero-order chi connectivity index (χ0) is 17.9. The number of aryl methyl sites for hydroxylation is 1. The van der Waals surface area contributed by atoms with E-state index in [-0.39, 0.29) is 0 Å². The average molecular weight is 345 g/mol. The lowest BCUT2D eigenvalue weighted by Crippen LogP contribution is -2.21. The summed E-state index contributed by atoms with van der Waals surface area (Å²) in [6, 6.07) is 18.0. The molecule has 0 saturated carbocycles. The molecule has 0 aromatic heterocycles. The first kappa shape index (κ1) is 19.8. The lowest BCUT2D eigenvalue weighted by atomic mass is 10.0. The van der Waals surface area contributed by atoms with Gasteiger partial charge in [-0.2, -0.15) is 0 Å². The minimum Gasteiger partial charge on any atom is -0.480 e. The van der Waals surface area contributed by atoms with Crippen LogP contribution in [0.3, 0.4) is 0 Å². The van der Waals surface area contributed by atoms with E-state index >= 15 is 0 Å². The van der Waals surface area contributed by atoms with Crippen molar-refractivity contribution in [2.45, 2.75) is 31.9 Å². The van der Waals surface area contributed by atoms with E-state index in [0.717, 1.165) is 16.7 Å². The number of hydrogen-bond acceptors (Lipinski definition) is 3. The molecule has 128 valence electrons. The molecular weight excluding hydrogens is 322 g/mol. The quantitative estimate of drug-likeness (QED) is 0.803. The van der Waals surface area contributed by atoms with E-state index in [4.69, 9.17) is 10.8 Å². The van der Waals surface area contributed by atoms with E-state index in [1.165, 1.54) is 0 Å². The van der Waals surface area contributed by atoms with E-state index in [9.17, 15) is 9.59 Å². The predicted molar refractivity (Wildman–Crippen MR) is 100 cm³/mol. The highest BCUT2D eigenvalue weighted by Crippen LogP contribution is 2.21. The van der Waals surface area contributed by atoms with Gasteiger partial charge < -0.3 is 10.8 Å². The Morgan fingerprint density at radius 2 is 1.54 bits per heavy atom. The van der Waals surface area contributed by atoms with Gasteiger partial charge in [0, 0.05) is 0 Å². The Bertz CT molecular complexity index is 641. The second-order valence-corrected chi connectivity index (χ2v) is 6.07. The summed E-state index contributed by atoms with van der Waals surface area (Å²) in [5, 5.41) is 7.60. The highest BCUT2D eigenvalue weighted by atomic mass is 32.2. The van der Waals surface area contributed by atoms with Gasteiger partial charge in [-0.25, -0.2) is 0 Å². The first-order chi connectivity index (χ1) is 11.6. The van der Waals surface area contributed by atoms with Crippen LogP contribution in [0.4, 0.5) is 4.79 Å². The molecule has 0 aliphatic carbocycles. The van der Waals surface area contributed by atoms with Crippen LogP contribution >= 0.6 is 11.8 Å². The molecule has 1 unspecified atom stereocenters. The largest absolute Gasteiger partial charge is 0.480 e. The van der Waals surface area contributed by atoms with E-state index in [1.54, 1.807) is 0 Å². The van der Waals surface area contributed by atoms with Crippen molar-refractivity contribution in [2.75, 3.05) is 0 Å². The zero-order valence-corrected chi connectivity index (χ0v) is 14.8. The molecule has 0 radical (unpaired) electrons. The Kier molecular flexibility index (Phi) is 8.65. The van der Waals surface area contributed by atoms with Gasteiger partial charge >= 0.3 is 5.97 Å². The number of nitrogens with two attached hydrogens (primary N) is 1. The first-order valence-corrected chi connectivity index (χ1v) is 8.77. The third-order valence-corrected chi connectivity index (χ3v) is 4.24. The maximum Gasteiger partial charge on any atom is 0.317 e. The molecule has 0 spiro atoms. The highest BCUT2D eigenvalue weighted by Gasteiger charge is 2.20. The number of carbonyl (C=O) groups is 2. The minimum atomic E-state index is -1.01. The minimum absolute atomic E-state index is 0.369. The Labute approximate surface area is 147 Å². The van der Waals surface area contributed by atoms with Crippen LogP contribution in [0.15, 0.2) is 54.6 Å². The van der Waals surface area contributed by atoms with E-state index in [1.807, 2.05) is 68.4 Å². The van der Waals surface area contributed by atoms with Gasteiger partial charge in [-0.05, 0) is 41.3 Å². The van der Waals surface area contributed by atoms with Crippen LogP contribution in [0.5, 0.6) is 0 Å². The molecule has 1 amide bonds. The summed E-state index contributed by atoms with van der Waals surface area (Å²) in [6.07, 6.45) is 0.958. The number of rotatable bonds is 6. The first-order valence-electron chi connectivity index (χ1n) is 7.89. The number of hydrogen-bond donors (Lipinski definition) is 2. The van der Waals surface area contributed by atoms with Gasteiger partial charge in [-0.1, -0.05) is 68.4 Å². The number of thioether (sulfide) groups is 1. The summed E-state index contributed by atoms with van der Waals surface area (Å²) in [7, 11) is 0. The molecule has 0 heterocycles. The van der Waals surface area contributed by atoms with Crippen molar-refractivity contribution < 1.29 is 14.7 Å². The molecule has 0 fully saturated rings. The lowest BCUT2D eigenvalue weighted by Gasteiger charge is -2.10. The van der Waals surface area contributed by atoms with Gasteiger partial charge in [0.15, 0.2) is 0 Å². The monoisotopic (exact) mass is 345 g/mol. The molecule has 0 saturated heterocycles. The molecular formula is C19H23NO3S. The van der Waals surface area contributed by atoms with Gasteiger partial charge in [0.1, 0.15) is 5.25 Å². The van der Waals surface area contributed by atoms with Crippen molar-refractivity contribution in [3.8, 4) is 11.1 Å². The number of aliphatic carboxylic acids is 1. The van der Waals surface area contributed by atoms with Crippen molar-refractivity contribution in [2.24, 2.45) is 5.73 Å². The molecule has 2 rings (SSSR count). The maximum atomic E-state index is 11.1. The zero-order valence-electron chi connectivity index (χ0n) is 13.9. The fourth-order valence-electron chi connectivity index (χ4n) is 2.17. The van der Waals surface area contributed by atoms with Crippen LogP contribution in [-0.2, 0) is 11.2 Å². The van der Waals surface area contributed by atoms with E-state index < -0.39 is 16.5 Å². The van der Waals surface area contributed by atoms with Crippen LogP contribution in [0.1, 0.15) is 25.8 Å². The third-order valence-electron chi connectivity index (χ3n) is 3.29. The fraction of sp³-hybridized carbons (Fsp3) is 0.263. The standard InChI is InChI=1S/C17H17NO3S.C2H6/c18-17(21)22-15(16(19)20)11-8-12-6-9-14(10-7-12)13-4-2-1-3-5-13;1-2/h1-7,9-10,15H,8,11H2,(H2,18,21)(H,19,20);1-2H3. The number of primary amides is 1. The van der Waals surface area contributed by atoms with Gasteiger partial charge in [0.25, 0.3) is 5.24 Å². The number of benzene rings is 2. The van der Waals surface area contributed by atoms with Crippen LogP contribution in [0, 0.1) is 0 Å². The Morgan fingerprint density at radius 1 is 1.00 bits per heavy atom. The Balaban J connectivity index is 0.00000139. The predicted octanol–water partition coefficient (Wildman–Crippen LogP) is 4.58. The van der Waals surface area contributed by atoms with Gasteiger partial charge in [0.05, 0.1) is 0 Å². The smallest absolute Gasteiger partial charge is 0.317 e. The normalized spacial score (nSPS) is 11.1. The summed E-state index contributed by atoms with van der Waals surface area (Å²) in [5.74, 6) is -1.01. The molecule has 0 aliphatic heterocycles. The van der Waals surface area contributed by atoms with Crippen LogP contribution in [0.2, 0.25) is 0 Å². The molecule has 2 aromatic rings. The Hall–Kier alpha value is -2.27. The molecule has 0 aliphatic rings. The third kappa shape index (κ3) is 6.46. The van der Waals surface area contributed by atoms with Crippen molar-refractivity contribution in [3.05, 3.63) is 60.2 Å². The second kappa shape index (κ2) is 10.5. The van der Waals surface area contributed by atoms with Crippen LogP contribution < -0.4 is 5.73 Å². The maximum absolute atomic E-state index is 11.1. The van der Waals surface area contributed by atoms with Crippen molar-refractivity contribution in [1.82, 2.24) is 0 Å². The van der Waals surface area contributed by atoms with Crippen molar-refractivity contribution in [3.63, 3.8) is 0 Å². The van der Waals surface area contributed by atoms with Gasteiger partial charge in [-0.3, -0.25) is 9.59 Å². The highest BCUT2D eigenvalue weighted by molar-refractivity contribution is 8.14. The van der Waals surface area contributed by atoms with Gasteiger partial charge in [0.2, 0.25) is 0 Å². The van der Waals surface area contributed by atoms with Gasteiger partial charge in [-0.15, -0.1) is 0 Å². The molecule has 0 bridgehead atoms. The number of amides is 1. The molecule has 5 heteroatoms. The Morgan fingerprint density at radius 3 is 2.04 bits per heavy atom. The molecule has 2 aromatic carbocycles. The van der Waals surface area contributed by atoms with Crippen LogP contribution in [0.25, 0.3) is 11.1 Å². The molecule has 3 N–H and O–H groups in total. The second-order valence-electron chi connectivity index (χ2n) is 4.87. The van der Waals surface area contributed by atoms with Crippen molar-refractivity contribution in [1.29, 1.82) is 0 Å². The summed E-state index contributed by atoms with van der Waals surface area (Å²) in [6.45, 7) is 4.00. The molecule has 24 heavy (non-hydrogen) atoms. The summed E-state index contributed by atoms with van der Waals surface area (Å²) >= 11 is 0.666. The SMILES string of the molecule is CC.NC(=O)SC(CCc1ccc(-c2ccccc2)cc1)C(=O)O. The summed E-state index contributed by atoms with van der Waals surface area (Å²) in [4.78, 5) is 21.9. The van der Waals surface area contributed by atoms with Crippen molar-refractivity contribution >= 4 is 23.0 Å². The lowest BCUT2D eigenvalue weighted by molar-refractivity contribution is -0.136.